The molecule has 3 aliphatic rings. The first-order valence-electron chi connectivity index (χ1n) is 11.4. The predicted octanol–water partition coefficient (Wildman–Crippen LogP) is 4.99. The maximum Gasteiger partial charge on any atom is 0.231 e. The molecule has 1 saturated heterocycles. The summed E-state index contributed by atoms with van der Waals surface area (Å²) in [6.07, 6.45) is 0. The van der Waals surface area contributed by atoms with Crippen molar-refractivity contribution >= 4 is 17.3 Å². The van der Waals surface area contributed by atoms with Gasteiger partial charge in [0.05, 0.1) is 18.7 Å². The molecule has 7 heteroatoms. The van der Waals surface area contributed by atoms with E-state index < -0.39 is 0 Å². The number of nitrogens with zero attached hydrogens (tertiary/aromatic N) is 1. The number of hydrazine groups is 1. The van der Waals surface area contributed by atoms with Crippen LogP contribution in [0.5, 0.6) is 17.2 Å². The predicted molar refractivity (Wildman–Crippen MR) is 128 cm³/mol. The van der Waals surface area contributed by atoms with Crippen molar-refractivity contribution in [2.24, 2.45) is 5.92 Å². The van der Waals surface area contributed by atoms with Crippen LogP contribution in [0, 0.1) is 5.92 Å². The number of anilines is 1. The van der Waals surface area contributed by atoms with Gasteiger partial charge in [0.25, 0.3) is 0 Å². The first kappa shape index (κ1) is 20.7. The molecule has 0 amide bonds. The summed E-state index contributed by atoms with van der Waals surface area (Å²) in [6, 6.07) is 21.1. The number of halogens is 1. The fourth-order valence-corrected chi connectivity index (χ4v) is 5.28. The second kappa shape index (κ2) is 8.45. The van der Waals surface area contributed by atoms with Crippen LogP contribution in [0.3, 0.4) is 0 Å². The summed E-state index contributed by atoms with van der Waals surface area (Å²) >= 11 is 6.12. The minimum Gasteiger partial charge on any atom is -0.494 e. The van der Waals surface area contributed by atoms with Gasteiger partial charge in [-0.3, -0.25) is 0 Å². The topological polar surface area (TPSA) is 55.0 Å². The standard InChI is InChI=1S/C26H26ClN3O3/c1-2-31-19-9-5-17(6-10-19)25-21-14-30(13-16-3-7-18(27)8-4-16)22-12-24-23(32-15-33-24)11-20(22)26(21)29-28-25/h3-12,21,25-26,28-29H,2,13-15H2,1H3. The van der Waals surface area contributed by atoms with Crippen LogP contribution in [-0.2, 0) is 6.54 Å². The van der Waals surface area contributed by atoms with E-state index in [4.69, 9.17) is 25.8 Å². The van der Waals surface area contributed by atoms with Crippen LogP contribution < -0.4 is 30.0 Å². The van der Waals surface area contributed by atoms with Gasteiger partial charge in [0.2, 0.25) is 6.79 Å². The lowest BCUT2D eigenvalue weighted by Crippen LogP contribution is -2.39. The summed E-state index contributed by atoms with van der Waals surface area (Å²) in [6.45, 7) is 4.63. The largest absolute Gasteiger partial charge is 0.494 e. The normalized spacial score (nSPS) is 22.7. The van der Waals surface area contributed by atoms with Crippen molar-refractivity contribution in [3.8, 4) is 17.2 Å². The second-order valence-corrected chi connectivity index (χ2v) is 9.12. The highest BCUT2D eigenvalue weighted by atomic mass is 35.5. The molecule has 6 rings (SSSR count). The first-order chi connectivity index (χ1) is 16.2. The summed E-state index contributed by atoms with van der Waals surface area (Å²) in [4.78, 5) is 2.44. The van der Waals surface area contributed by atoms with Crippen molar-refractivity contribution in [3.05, 3.63) is 82.4 Å². The Bertz CT molecular complexity index is 1150. The van der Waals surface area contributed by atoms with E-state index in [9.17, 15) is 0 Å². The van der Waals surface area contributed by atoms with E-state index in [1.54, 1.807) is 0 Å². The van der Waals surface area contributed by atoms with Crippen molar-refractivity contribution < 1.29 is 14.2 Å². The van der Waals surface area contributed by atoms with Crippen LogP contribution in [0.2, 0.25) is 5.02 Å². The number of hydrogen-bond donors (Lipinski definition) is 2. The number of rotatable bonds is 5. The van der Waals surface area contributed by atoms with Crippen molar-refractivity contribution in [2.45, 2.75) is 25.6 Å². The van der Waals surface area contributed by atoms with E-state index in [1.165, 1.54) is 22.4 Å². The highest BCUT2D eigenvalue weighted by Crippen LogP contribution is 2.49. The second-order valence-electron chi connectivity index (χ2n) is 8.68. The lowest BCUT2D eigenvalue weighted by atomic mass is 9.81. The Morgan fingerprint density at radius 2 is 1.70 bits per heavy atom. The van der Waals surface area contributed by atoms with Crippen LogP contribution in [0.15, 0.2) is 60.7 Å². The van der Waals surface area contributed by atoms with Crippen LogP contribution in [0.1, 0.15) is 35.7 Å². The van der Waals surface area contributed by atoms with Gasteiger partial charge in [-0.15, -0.1) is 0 Å². The molecule has 6 nitrogen and oxygen atoms in total. The molecule has 3 atom stereocenters. The van der Waals surface area contributed by atoms with Gasteiger partial charge in [0.15, 0.2) is 11.5 Å². The fraction of sp³-hybridized carbons (Fsp3) is 0.308. The van der Waals surface area contributed by atoms with Crippen molar-refractivity contribution in [1.29, 1.82) is 0 Å². The highest BCUT2D eigenvalue weighted by Gasteiger charge is 2.44. The number of benzene rings is 3. The third-order valence-electron chi connectivity index (χ3n) is 6.72. The van der Waals surface area contributed by atoms with Gasteiger partial charge in [-0.25, -0.2) is 10.9 Å². The van der Waals surface area contributed by atoms with Crippen LogP contribution in [-0.4, -0.2) is 19.9 Å². The number of hydrogen-bond acceptors (Lipinski definition) is 6. The molecule has 3 aromatic rings. The van der Waals surface area contributed by atoms with Gasteiger partial charge >= 0.3 is 0 Å². The molecule has 3 aliphatic heterocycles. The van der Waals surface area contributed by atoms with E-state index in [0.717, 1.165) is 35.4 Å². The summed E-state index contributed by atoms with van der Waals surface area (Å²) < 4.78 is 17.0. The van der Waals surface area contributed by atoms with Crippen LogP contribution in [0.25, 0.3) is 0 Å². The molecule has 3 unspecified atom stereocenters. The van der Waals surface area contributed by atoms with E-state index >= 15 is 0 Å². The molecule has 0 radical (unpaired) electrons. The van der Waals surface area contributed by atoms with E-state index in [0.29, 0.717) is 12.5 Å². The number of fused-ring (bicyclic) bond motifs is 4. The average molecular weight is 464 g/mol. The van der Waals surface area contributed by atoms with Gasteiger partial charge in [-0.05, 0) is 53.9 Å². The molecule has 170 valence electrons. The van der Waals surface area contributed by atoms with E-state index in [2.05, 4.69) is 52.1 Å². The summed E-state index contributed by atoms with van der Waals surface area (Å²) in [7, 11) is 0. The average Bonchev–Trinajstić information content (AvgIpc) is 3.47. The molecule has 0 aromatic heterocycles. The van der Waals surface area contributed by atoms with E-state index in [-0.39, 0.29) is 18.9 Å². The van der Waals surface area contributed by atoms with Crippen molar-refractivity contribution in [3.63, 3.8) is 0 Å². The zero-order valence-corrected chi connectivity index (χ0v) is 19.1. The van der Waals surface area contributed by atoms with Crippen LogP contribution >= 0.6 is 11.6 Å². The highest BCUT2D eigenvalue weighted by molar-refractivity contribution is 6.30. The smallest absolute Gasteiger partial charge is 0.231 e. The minimum atomic E-state index is 0.174. The SMILES string of the molecule is CCOc1ccc(C2NNC3c4cc5c(cc4N(Cc4ccc(Cl)cc4)CC23)OCO5)cc1. The van der Waals surface area contributed by atoms with Crippen LogP contribution in [0.4, 0.5) is 5.69 Å². The van der Waals surface area contributed by atoms with Gasteiger partial charge in [-0.1, -0.05) is 35.9 Å². The molecule has 0 bridgehead atoms. The third-order valence-corrected chi connectivity index (χ3v) is 6.97. The third kappa shape index (κ3) is 3.78. The van der Waals surface area contributed by atoms with Gasteiger partial charge in [0.1, 0.15) is 5.75 Å². The Morgan fingerprint density at radius 1 is 0.970 bits per heavy atom. The molecule has 0 saturated carbocycles. The molecule has 33 heavy (non-hydrogen) atoms. The maximum absolute atomic E-state index is 6.12. The van der Waals surface area contributed by atoms with Gasteiger partial charge in [-0.2, -0.15) is 0 Å². The molecular weight excluding hydrogens is 438 g/mol. The number of nitrogens with one attached hydrogen (secondary N) is 2. The summed E-state index contributed by atoms with van der Waals surface area (Å²) in [5.41, 5.74) is 12.0. The Balaban J connectivity index is 1.35. The lowest BCUT2D eigenvalue weighted by molar-refractivity contribution is 0.174. The fourth-order valence-electron chi connectivity index (χ4n) is 5.16. The first-order valence-corrected chi connectivity index (χ1v) is 11.7. The molecule has 1 fully saturated rings. The molecule has 2 N–H and O–H groups in total. The molecule has 0 spiro atoms. The van der Waals surface area contributed by atoms with Gasteiger partial charge in [0, 0.05) is 35.8 Å². The molecular formula is C26H26ClN3O3. The monoisotopic (exact) mass is 463 g/mol. The van der Waals surface area contributed by atoms with Crippen molar-refractivity contribution in [1.82, 2.24) is 10.9 Å². The minimum absolute atomic E-state index is 0.174. The molecule has 3 aromatic carbocycles. The Kier molecular flexibility index (Phi) is 5.29. The van der Waals surface area contributed by atoms with E-state index in [1.807, 2.05) is 31.2 Å². The lowest BCUT2D eigenvalue weighted by Gasteiger charge is -2.39. The Hall–Kier alpha value is -2.93. The maximum atomic E-state index is 6.12. The zero-order valence-electron chi connectivity index (χ0n) is 18.4. The quantitative estimate of drug-likeness (QED) is 0.555. The summed E-state index contributed by atoms with van der Waals surface area (Å²) in [5.74, 6) is 2.85. The zero-order chi connectivity index (χ0) is 22.4. The Labute approximate surface area is 198 Å². The van der Waals surface area contributed by atoms with Gasteiger partial charge < -0.3 is 19.1 Å². The van der Waals surface area contributed by atoms with Crippen molar-refractivity contribution in [2.75, 3.05) is 24.8 Å². The molecule has 0 aliphatic carbocycles. The number of ether oxygens (including phenoxy) is 3. The molecule has 3 heterocycles. The Morgan fingerprint density at radius 3 is 2.45 bits per heavy atom. The summed E-state index contributed by atoms with van der Waals surface area (Å²) in [5, 5.41) is 0.751.